The predicted molar refractivity (Wildman–Crippen MR) is 72.7 cm³/mol. The fourth-order valence-electron chi connectivity index (χ4n) is 1.62. The molecular weight excluding hydrogens is 254 g/mol. The van der Waals surface area contributed by atoms with Gasteiger partial charge in [-0.25, -0.2) is 0 Å². The van der Waals surface area contributed by atoms with Crippen molar-refractivity contribution in [1.29, 1.82) is 0 Å². The van der Waals surface area contributed by atoms with Crippen LogP contribution in [0.15, 0.2) is 12.1 Å². The van der Waals surface area contributed by atoms with Crippen LogP contribution in [0.4, 0.5) is 5.69 Å². The maximum Gasteiger partial charge on any atom is 0.303 e. The molecule has 0 spiro atoms. The van der Waals surface area contributed by atoms with E-state index in [1.807, 2.05) is 19.9 Å². The van der Waals surface area contributed by atoms with E-state index in [9.17, 15) is 4.79 Å². The number of halogens is 1. The highest BCUT2D eigenvalue weighted by atomic mass is 35.5. The minimum absolute atomic E-state index is 0.0515. The van der Waals surface area contributed by atoms with Crippen LogP contribution in [0.25, 0.3) is 0 Å². The van der Waals surface area contributed by atoms with Crippen LogP contribution >= 0.6 is 11.6 Å². The molecule has 5 heteroatoms. The Morgan fingerprint density at radius 1 is 1.56 bits per heavy atom. The summed E-state index contributed by atoms with van der Waals surface area (Å²) in [5, 5.41) is 12.5. The van der Waals surface area contributed by atoms with E-state index in [1.165, 1.54) is 0 Å². The van der Waals surface area contributed by atoms with Crippen molar-refractivity contribution < 1.29 is 14.6 Å². The van der Waals surface area contributed by atoms with E-state index in [0.717, 1.165) is 11.3 Å². The van der Waals surface area contributed by atoms with Gasteiger partial charge in [-0.1, -0.05) is 11.6 Å². The summed E-state index contributed by atoms with van der Waals surface area (Å²) >= 11 is 6.02. The molecule has 0 radical (unpaired) electrons. The van der Waals surface area contributed by atoms with E-state index < -0.39 is 5.97 Å². The molecule has 2 N–H and O–H groups in total. The first kappa shape index (κ1) is 14.6. The molecule has 0 fully saturated rings. The smallest absolute Gasteiger partial charge is 0.303 e. The van der Waals surface area contributed by atoms with Crippen LogP contribution in [0.5, 0.6) is 5.75 Å². The normalized spacial score (nSPS) is 12.0. The summed E-state index contributed by atoms with van der Waals surface area (Å²) in [4.78, 5) is 10.5. The molecule has 1 atom stereocenters. The predicted octanol–water partition coefficient (Wildman–Crippen LogP) is 3.32. The monoisotopic (exact) mass is 271 g/mol. The molecule has 0 heterocycles. The van der Waals surface area contributed by atoms with Crippen LogP contribution in [0, 0.1) is 6.92 Å². The van der Waals surface area contributed by atoms with Crippen LogP contribution in [-0.4, -0.2) is 24.2 Å². The van der Waals surface area contributed by atoms with Crippen LogP contribution < -0.4 is 10.1 Å². The summed E-state index contributed by atoms with van der Waals surface area (Å²) < 4.78 is 5.24. The quantitative estimate of drug-likeness (QED) is 0.833. The zero-order valence-electron chi connectivity index (χ0n) is 10.8. The van der Waals surface area contributed by atoms with Gasteiger partial charge in [0.1, 0.15) is 5.75 Å². The molecule has 0 aliphatic carbocycles. The average molecular weight is 272 g/mol. The van der Waals surface area contributed by atoms with Gasteiger partial charge in [0.05, 0.1) is 12.8 Å². The second-order valence-electron chi connectivity index (χ2n) is 4.28. The minimum atomic E-state index is -0.789. The Bertz CT molecular complexity index is 434. The van der Waals surface area contributed by atoms with Crippen molar-refractivity contribution in [2.75, 3.05) is 12.4 Å². The van der Waals surface area contributed by atoms with E-state index in [0.29, 0.717) is 17.2 Å². The molecule has 0 saturated heterocycles. The van der Waals surface area contributed by atoms with Gasteiger partial charge in [0, 0.05) is 23.6 Å². The third kappa shape index (κ3) is 4.11. The van der Waals surface area contributed by atoms with Crippen molar-refractivity contribution in [1.82, 2.24) is 0 Å². The Balaban J connectivity index is 2.76. The van der Waals surface area contributed by atoms with Crippen LogP contribution in [0.3, 0.4) is 0 Å². The van der Waals surface area contributed by atoms with Gasteiger partial charge in [-0.2, -0.15) is 0 Å². The van der Waals surface area contributed by atoms with Gasteiger partial charge < -0.3 is 15.2 Å². The highest BCUT2D eigenvalue weighted by molar-refractivity contribution is 6.31. The third-order valence-corrected chi connectivity index (χ3v) is 3.08. The lowest BCUT2D eigenvalue weighted by molar-refractivity contribution is -0.137. The number of carboxylic acids is 1. The molecule has 1 unspecified atom stereocenters. The first-order valence-electron chi connectivity index (χ1n) is 5.76. The van der Waals surface area contributed by atoms with Crippen LogP contribution in [0.1, 0.15) is 25.3 Å². The molecule has 0 aliphatic heterocycles. The number of carbonyl (C=O) groups is 1. The number of hydrogen-bond acceptors (Lipinski definition) is 3. The second-order valence-corrected chi connectivity index (χ2v) is 4.69. The molecule has 0 aliphatic rings. The van der Waals surface area contributed by atoms with Gasteiger partial charge in [0.2, 0.25) is 0 Å². The standard InChI is InChI=1S/C13H18ClNO3/c1-8-6-11(12(18-3)7-10(8)14)15-9(2)4-5-13(16)17/h6-7,9,15H,4-5H2,1-3H3,(H,16,17). The topological polar surface area (TPSA) is 58.6 Å². The number of nitrogens with one attached hydrogen (secondary N) is 1. The lowest BCUT2D eigenvalue weighted by atomic mass is 10.1. The third-order valence-electron chi connectivity index (χ3n) is 2.67. The summed E-state index contributed by atoms with van der Waals surface area (Å²) in [5.74, 6) is -0.129. The molecule has 1 aromatic rings. The summed E-state index contributed by atoms with van der Waals surface area (Å²) in [6.07, 6.45) is 0.698. The first-order chi connectivity index (χ1) is 8.43. The molecule has 0 amide bonds. The molecule has 0 saturated carbocycles. The van der Waals surface area contributed by atoms with Crippen LogP contribution in [-0.2, 0) is 4.79 Å². The molecule has 18 heavy (non-hydrogen) atoms. The summed E-state index contributed by atoms with van der Waals surface area (Å²) in [7, 11) is 1.58. The lowest BCUT2D eigenvalue weighted by Gasteiger charge is -2.18. The van der Waals surface area contributed by atoms with Gasteiger partial charge in [-0.05, 0) is 31.9 Å². The molecule has 0 aromatic heterocycles. The molecule has 0 bridgehead atoms. The van der Waals surface area contributed by atoms with E-state index in [-0.39, 0.29) is 12.5 Å². The number of hydrogen-bond donors (Lipinski definition) is 2. The Morgan fingerprint density at radius 3 is 2.78 bits per heavy atom. The Morgan fingerprint density at radius 2 is 2.22 bits per heavy atom. The number of carboxylic acid groups (broad SMARTS) is 1. The Kier molecular flexibility index (Phi) is 5.28. The number of ether oxygens (including phenoxy) is 1. The van der Waals surface area contributed by atoms with Crippen molar-refractivity contribution in [2.45, 2.75) is 32.7 Å². The van der Waals surface area contributed by atoms with Crippen LogP contribution in [0.2, 0.25) is 5.02 Å². The van der Waals surface area contributed by atoms with E-state index in [1.54, 1.807) is 13.2 Å². The summed E-state index contributed by atoms with van der Waals surface area (Å²) in [6, 6.07) is 3.71. The largest absolute Gasteiger partial charge is 0.495 e. The van der Waals surface area contributed by atoms with Crippen molar-refractivity contribution in [3.63, 3.8) is 0 Å². The number of methoxy groups -OCH3 is 1. The van der Waals surface area contributed by atoms with Gasteiger partial charge in [-0.15, -0.1) is 0 Å². The minimum Gasteiger partial charge on any atom is -0.495 e. The zero-order valence-corrected chi connectivity index (χ0v) is 11.5. The number of anilines is 1. The number of rotatable bonds is 6. The SMILES string of the molecule is COc1cc(Cl)c(C)cc1NC(C)CCC(=O)O. The van der Waals surface area contributed by atoms with Crippen molar-refractivity contribution in [2.24, 2.45) is 0 Å². The van der Waals surface area contributed by atoms with Crippen molar-refractivity contribution in [3.8, 4) is 5.75 Å². The number of aliphatic carboxylic acids is 1. The molecule has 4 nitrogen and oxygen atoms in total. The van der Waals surface area contributed by atoms with E-state index >= 15 is 0 Å². The lowest BCUT2D eigenvalue weighted by Crippen LogP contribution is -2.17. The van der Waals surface area contributed by atoms with Gasteiger partial charge in [0.15, 0.2) is 0 Å². The Labute approximate surface area is 112 Å². The average Bonchev–Trinajstić information content (AvgIpc) is 2.31. The molecule has 1 rings (SSSR count). The maximum atomic E-state index is 10.5. The number of benzene rings is 1. The molecular formula is C13H18ClNO3. The summed E-state index contributed by atoms with van der Waals surface area (Å²) in [5.41, 5.74) is 1.78. The summed E-state index contributed by atoms with van der Waals surface area (Å²) in [6.45, 7) is 3.85. The first-order valence-corrected chi connectivity index (χ1v) is 6.14. The molecule has 100 valence electrons. The number of aryl methyl sites for hydroxylation is 1. The maximum absolute atomic E-state index is 10.5. The van der Waals surface area contributed by atoms with Crippen molar-refractivity contribution in [3.05, 3.63) is 22.7 Å². The van der Waals surface area contributed by atoms with Gasteiger partial charge in [0.25, 0.3) is 0 Å². The fraction of sp³-hybridized carbons (Fsp3) is 0.462. The second kappa shape index (κ2) is 6.50. The zero-order chi connectivity index (χ0) is 13.7. The highest BCUT2D eigenvalue weighted by Gasteiger charge is 2.10. The highest BCUT2D eigenvalue weighted by Crippen LogP contribution is 2.31. The fourth-order valence-corrected chi connectivity index (χ4v) is 1.78. The van der Waals surface area contributed by atoms with Gasteiger partial charge in [-0.3, -0.25) is 4.79 Å². The van der Waals surface area contributed by atoms with E-state index in [2.05, 4.69) is 5.32 Å². The van der Waals surface area contributed by atoms with Gasteiger partial charge >= 0.3 is 5.97 Å². The van der Waals surface area contributed by atoms with E-state index in [4.69, 9.17) is 21.4 Å². The Hall–Kier alpha value is -1.42. The van der Waals surface area contributed by atoms with Crippen molar-refractivity contribution >= 4 is 23.3 Å². The molecule has 1 aromatic carbocycles.